The number of hydrogen-bond acceptors (Lipinski definition) is 3. The summed E-state index contributed by atoms with van der Waals surface area (Å²) < 4.78 is 37.3. The monoisotopic (exact) mass is 284 g/mol. The molecule has 4 nitrogen and oxygen atoms in total. The van der Waals surface area contributed by atoms with E-state index in [2.05, 4.69) is 15.9 Å². The fraction of sp³-hybridized carbons (Fsp3) is 0.143. The normalized spacial score (nSPS) is 11.5. The van der Waals surface area contributed by atoms with E-state index >= 15 is 0 Å². The molecule has 0 radical (unpaired) electrons. The lowest BCUT2D eigenvalue weighted by atomic mass is 10.1. The van der Waals surface area contributed by atoms with Crippen molar-refractivity contribution in [2.45, 2.75) is 6.18 Å². The molecule has 0 bridgehead atoms. The molecule has 0 amide bonds. The van der Waals surface area contributed by atoms with Crippen molar-refractivity contribution in [1.82, 2.24) is 0 Å². The predicted octanol–water partition coefficient (Wildman–Crippen LogP) is 2.96. The number of benzene rings is 1. The van der Waals surface area contributed by atoms with Gasteiger partial charge in [-0.3, -0.25) is 10.1 Å². The van der Waals surface area contributed by atoms with E-state index < -0.39 is 28.0 Å². The van der Waals surface area contributed by atoms with Crippen molar-refractivity contribution in [3.8, 4) is 0 Å². The standard InChI is InChI=1S/C7H4BrF3N2O2/c8-3-1-4(12)6(7(9,10)11)5(2-3)13(14)15/h1-2H,12H2. The number of nitro benzene ring substituents is 1. The Bertz CT molecular complexity index is 419. The average Bonchev–Trinajstić information content (AvgIpc) is 1.99. The number of nitro groups is 1. The first-order chi connectivity index (χ1) is 6.73. The van der Waals surface area contributed by atoms with E-state index in [1.54, 1.807) is 0 Å². The Morgan fingerprint density at radius 1 is 1.40 bits per heavy atom. The second-order valence-corrected chi connectivity index (χ2v) is 3.56. The maximum Gasteiger partial charge on any atom is 0.425 e. The minimum atomic E-state index is -4.84. The summed E-state index contributed by atoms with van der Waals surface area (Å²) in [6.45, 7) is 0. The summed E-state index contributed by atoms with van der Waals surface area (Å²) in [5.74, 6) is 0. The molecule has 15 heavy (non-hydrogen) atoms. The summed E-state index contributed by atoms with van der Waals surface area (Å²) in [5.41, 5.74) is 1.93. The lowest BCUT2D eigenvalue weighted by Gasteiger charge is -2.10. The Kier molecular flexibility index (Phi) is 2.89. The van der Waals surface area contributed by atoms with Gasteiger partial charge in [0.05, 0.1) is 10.6 Å². The number of anilines is 1. The zero-order valence-corrected chi connectivity index (χ0v) is 8.59. The highest BCUT2D eigenvalue weighted by molar-refractivity contribution is 9.10. The first-order valence-corrected chi connectivity index (χ1v) is 4.33. The fourth-order valence-electron chi connectivity index (χ4n) is 1.07. The summed E-state index contributed by atoms with van der Waals surface area (Å²) >= 11 is 2.83. The summed E-state index contributed by atoms with van der Waals surface area (Å²) in [4.78, 5) is 9.28. The molecule has 1 aromatic carbocycles. The summed E-state index contributed by atoms with van der Waals surface area (Å²) in [7, 11) is 0. The minimum absolute atomic E-state index is 0.125. The van der Waals surface area contributed by atoms with E-state index in [1.165, 1.54) is 0 Å². The predicted molar refractivity (Wildman–Crippen MR) is 50.2 cm³/mol. The quantitative estimate of drug-likeness (QED) is 0.490. The van der Waals surface area contributed by atoms with Crippen LogP contribution in [0.2, 0.25) is 0 Å². The van der Waals surface area contributed by atoms with Crippen molar-refractivity contribution in [3.05, 3.63) is 32.3 Å². The van der Waals surface area contributed by atoms with Crippen molar-refractivity contribution >= 4 is 27.3 Å². The van der Waals surface area contributed by atoms with Gasteiger partial charge in [0.2, 0.25) is 0 Å². The van der Waals surface area contributed by atoms with Gasteiger partial charge in [-0.15, -0.1) is 0 Å². The molecule has 8 heteroatoms. The smallest absolute Gasteiger partial charge is 0.398 e. The first-order valence-electron chi connectivity index (χ1n) is 3.54. The summed E-state index contributed by atoms with van der Waals surface area (Å²) in [6, 6.07) is 1.73. The van der Waals surface area contributed by atoms with Gasteiger partial charge in [0.25, 0.3) is 5.69 Å². The Morgan fingerprint density at radius 2 is 1.93 bits per heavy atom. The molecule has 0 atom stereocenters. The third-order valence-electron chi connectivity index (χ3n) is 1.59. The van der Waals surface area contributed by atoms with Crippen LogP contribution in [-0.4, -0.2) is 4.92 Å². The second-order valence-electron chi connectivity index (χ2n) is 2.64. The van der Waals surface area contributed by atoms with Gasteiger partial charge in [-0.25, -0.2) is 0 Å². The van der Waals surface area contributed by atoms with Crippen LogP contribution in [0.25, 0.3) is 0 Å². The first kappa shape index (κ1) is 11.8. The number of nitrogens with zero attached hydrogens (tertiary/aromatic N) is 1. The third kappa shape index (κ3) is 2.38. The van der Waals surface area contributed by atoms with Crippen LogP contribution in [0.5, 0.6) is 0 Å². The lowest BCUT2D eigenvalue weighted by molar-refractivity contribution is -0.388. The number of rotatable bonds is 1. The average molecular weight is 285 g/mol. The molecular weight excluding hydrogens is 281 g/mol. The molecule has 1 aromatic rings. The van der Waals surface area contributed by atoms with E-state index in [1.807, 2.05) is 0 Å². The molecule has 0 spiro atoms. The van der Waals surface area contributed by atoms with Crippen molar-refractivity contribution in [2.24, 2.45) is 0 Å². The Labute approximate surface area is 90.2 Å². The summed E-state index contributed by atoms with van der Waals surface area (Å²) in [6.07, 6.45) is -4.84. The topological polar surface area (TPSA) is 69.2 Å². The highest BCUT2D eigenvalue weighted by Crippen LogP contribution is 2.41. The van der Waals surface area contributed by atoms with Crippen LogP contribution >= 0.6 is 15.9 Å². The summed E-state index contributed by atoms with van der Waals surface area (Å²) in [5, 5.41) is 10.4. The van der Waals surface area contributed by atoms with Crippen LogP contribution in [0.15, 0.2) is 16.6 Å². The van der Waals surface area contributed by atoms with Gasteiger partial charge in [0.1, 0.15) is 0 Å². The number of halogens is 4. The van der Waals surface area contributed by atoms with Crippen LogP contribution in [0, 0.1) is 10.1 Å². The van der Waals surface area contributed by atoms with Gasteiger partial charge in [-0.05, 0) is 6.07 Å². The number of hydrogen-bond donors (Lipinski definition) is 1. The van der Waals surface area contributed by atoms with Gasteiger partial charge in [-0.2, -0.15) is 13.2 Å². The molecule has 0 aliphatic rings. The highest BCUT2D eigenvalue weighted by Gasteiger charge is 2.40. The fourth-order valence-corrected chi connectivity index (χ4v) is 1.53. The Morgan fingerprint density at radius 3 is 2.33 bits per heavy atom. The molecular formula is C7H4BrF3N2O2. The SMILES string of the molecule is Nc1cc(Br)cc([N+](=O)[O-])c1C(F)(F)F. The van der Waals surface area contributed by atoms with Crippen LogP contribution < -0.4 is 5.73 Å². The lowest BCUT2D eigenvalue weighted by Crippen LogP contribution is -2.12. The Balaban J connectivity index is 3.55. The zero-order chi connectivity index (χ0) is 11.8. The molecule has 1 rings (SSSR count). The van der Waals surface area contributed by atoms with Gasteiger partial charge in [-0.1, -0.05) is 15.9 Å². The maximum absolute atomic E-state index is 12.4. The minimum Gasteiger partial charge on any atom is -0.398 e. The molecule has 0 aliphatic heterocycles. The molecule has 0 aliphatic carbocycles. The molecule has 0 fully saturated rings. The van der Waals surface area contributed by atoms with Gasteiger partial charge in [0, 0.05) is 10.5 Å². The maximum atomic E-state index is 12.4. The van der Waals surface area contributed by atoms with Crippen molar-refractivity contribution in [1.29, 1.82) is 0 Å². The van der Waals surface area contributed by atoms with Crippen molar-refractivity contribution in [3.63, 3.8) is 0 Å². The van der Waals surface area contributed by atoms with Crippen LogP contribution in [0.1, 0.15) is 5.56 Å². The van der Waals surface area contributed by atoms with E-state index in [9.17, 15) is 23.3 Å². The highest BCUT2D eigenvalue weighted by atomic mass is 79.9. The van der Waals surface area contributed by atoms with E-state index in [0.717, 1.165) is 12.1 Å². The van der Waals surface area contributed by atoms with Gasteiger partial charge < -0.3 is 5.73 Å². The van der Waals surface area contributed by atoms with E-state index in [-0.39, 0.29) is 4.47 Å². The number of alkyl halides is 3. The largest absolute Gasteiger partial charge is 0.425 e. The Hall–Kier alpha value is -1.31. The van der Waals surface area contributed by atoms with Crippen LogP contribution in [-0.2, 0) is 6.18 Å². The van der Waals surface area contributed by atoms with Gasteiger partial charge in [0.15, 0.2) is 5.56 Å². The molecule has 0 aromatic heterocycles. The number of nitrogen functional groups attached to an aromatic ring is 1. The second kappa shape index (κ2) is 3.69. The molecule has 0 unspecified atom stereocenters. The molecule has 2 N–H and O–H groups in total. The van der Waals surface area contributed by atoms with Crippen molar-refractivity contribution < 1.29 is 18.1 Å². The third-order valence-corrected chi connectivity index (χ3v) is 2.05. The molecule has 82 valence electrons. The van der Waals surface area contributed by atoms with E-state index in [4.69, 9.17) is 5.73 Å². The van der Waals surface area contributed by atoms with Gasteiger partial charge >= 0.3 is 6.18 Å². The van der Waals surface area contributed by atoms with Crippen LogP contribution in [0.3, 0.4) is 0 Å². The molecule has 0 saturated carbocycles. The van der Waals surface area contributed by atoms with E-state index in [0.29, 0.717) is 0 Å². The van der Waals surface area contributed by atoms with Crippen LogP contribution in [0.4, 0.5) is 24.5 Å². The zero-order valence-electron chi connectivity index (χ0n) is 7.01. The number of nitrogens with two attached hydrogens (primary N) is 1. The molecule has 0 saturated heterocycles. The van der Waals surface area contributed by atoms with Crippen molar-refractivity contribution in [2.75, 3.05) is 5.73 Å². The molecule has 0 heterocycles.